The van der Waals surface area contributed by atoms with E-state index in [9.17, 15) is 14.0 Å². The van der Waals surface area contributed by atoms with Crippen LogP contribution in [0.15, 0.2) is 53.6 Å². The van der Waals surface area contributed by atoms with E-state index in [0.717, 1.165) is 33.1 Å². The molecule has 1 aliphatic rings. The highest BCUT2D eigenvalue weighted by Crippen LogP contribution is 2.36. The molecular formula is C21H13ClFN3O2S. The van der Waals surface area contributed by atoms with E-state index in [2.05, 4.69) is 6.07 Å². The van der Waals surface area contributed by atoms with Crippen LogP contribution in [0.25, 0.3) is 17.0 Å². The van der Waals surface area contributed by atoms with Gasteiger partial charge in [-0.05, 0) is 36.0 Å². The van der Waals surface area contributed by atoms with E-state index >= 15 is 0 Å². The molecule has 0 spiro atoms. The maximum absolute atomic E-state index is 14.1. The Bertz CT molecular complexity index is 1210. The zero-order valence-electron chi connectivity index (χ0n) is 14.9. The first kappa shape index (κ1) is 19.2. The molecule has 5 nitrogen and oxygen atoms in total. The highest BCUT2D eigenvalue weighted by atomic mass is 35.5. The Labute approximate surface area is 175 Å². The number of amides is 2. The Balaban J connectivity index is 1.68. The third kappa shape index (κ3) is 3.53. The molecule has 3 aromatic rings. The number of para-hydroxylation sites is 1. The number of carbonyl (C=O) groups is 2. The molecule has 2 aromatic carbocycles. The van der Waals surface area contributed by atoms with Gasteiger partial charge >= 0.3 is 0 Å². The van der Waals surface area contributed by atoms with Gasteiger partial charge in [0.05, 0.1) is 17.5 Å². The fraction of sp³-hybridized carbons (Fsp3) is 0.0952. The molecule has 0 unspecified atom stereocenters. The SMILES string of the molecule is N#CCn1cc(/C=C2\SC(=O)N(Cc3c(F)cccc3Cl)C2=O)c2ccccc21. The van der Waals surface area contributed by atoms with Gasteiger partial charge in [-0.3, -0.25) is 14.5 Å². The summed E-state index contributed by atoms with van der Waals surface area (Å²) in [7, 11) is 0. The number of thioether (sulfide) groups is 1. The largest absolute Gasteiger partial charge is 0.333 e. The van der Waals surface area contributed by atoms with Crippen LogP contribution in [-0.2, 0) is 17.9 Å². The van der Waals surface area contributed by atoms with Gasteiger partial charge in [0.15, 0.2) is 0 Å². The van der Waals surface area contributed by atoms with E-state index in [0.29, 0.717) is 0 Å². The lowest BCUT2D eigenvalue weighted by Gasteiger charge is -2.14. The van der Waals surface area contributed by atoms with Gasteiger partial charge in [-0.25, -0.2) is 4.39 Å². The number of rotatable bonds is 4. The number of halogens is 2. The van der Waals surface area contributed by atoms with Gasteiger partial charge in [0.25, 0.3) is 11.1 Å². The van der Waals surface area contributed by atoms with Crippen molar-refractivity contribution < 1.29 is 14.0 Å². The molecular weight excluding hydrogens is 413 g/mol. The predicted octanol–water partition coefficient (Wildman–Crippen LogP) is 5.19. The number of hydrogen-bond acceptors (Lipinski definition) is 4. The number of benzene rings is 2. The van der Waals surface area contributed by atoms with Crippen LogP contribution in [0.5, 0.6) is 0 Å². The molecule has 4 rings (SSSR count). The first-order valence-electron chi connectivity index (χ1n) is 8.62. The molecule has 0 saturated carbocycles. The number of fused-ring (bicyclic) bond motifs is 1. The van der Waals surface area contributed by atoms with Gasteiger partial charge in [0.1, 0.15) is 12.4 Å². The molecule has 1 aliphatic heterocycles. The molecule has 0 radical (unpaired) electrons. The molecule has 1 fully saturated rings. The lowest BCUT2D eigenvalue weighted by atomic mass is 10.1. The van der Waals surface area contributed by atoms with Crippen LogP contribution in [0.3, 0.4) is 0 Å². The number of carbonyl (C=O) groups excluding carboxylic acids is 2. The lowest BCUT2D eigenvalue weighted by molar-refractivity contribution is -0.123. The van der Waals surface area contributed by atoms with Crippen molar-refractivity contribution in [2.24, 2.45) is 0 Å². The Morgan fingerprint density at radius 1 is 1.17 bits per heavy atom. The smallest absolute Gasteiger partial charge is 0.293 e. The van der Waals surface area contributed by atoms with Crippen LogP contribution < -0.4 is 0 Å². The number of hydrogen-bond donors (Lipinski definition) is 0. The molecule has 0 atom stereocenters. The van der Waals surface area contributed by atoms with Crippen molar-refractivity contribution in [2.45, 2.75) is 13.1 Å². The second-order valence-electron chi connectivity index (χ2n) is 6.36. The van der Waals surface area contributed by atoms with Crippen LogP contribution in [0.4, 0.5) is 9.18 Å². The Kier molecular flexibility index (Phi) is 5.14. The Morgan fingerprint density at radius 3 is 2.72 bits per heavy atom. The molecule has 29 heavy (non-hydrogen) atoms. The third-order valence-electron chi connectivity index (χ3n) is 4.60. The fourth-order valence-corrected chi connectivity index (χ4v) is 4.27. The van der Waals surface area contributed by atoms with Crippen molar-refractivity contribution in [1.82, 2.24) is 9.47 Å². The summed E-state index contributed by atoms with van der Waals surface area (Å²) in [5.74, 6) is -1.07. The molecule has 8 heteroatoms. The second kappa shape index (κ2) is 7.74. The number of aromatic nitrogens is 1. The third-order valence-corrected chi connectivity index (χ3v) is 5.86. The molecule has 0 bridgehead atoms. The number of nitrogens with zero attached hydrogens (tertiary/aromatic N) is 3. The van der Waals surface area contributed by atoms with Gasteiger partial charge in [0.2, 0.25) is 0 Å². The van der Waals surface area contributed by atoms with E-state index in [4.69, 9.17) is 16.9 Å². The van der Waals surface area contributed by atoms with Gasteiger partial charge in [0, 0.05) is 33.2 Å². The molecule has 2 amide bonds. The zero-order valence-corrected chi connectivity index (χ0v) is 16.5. The van der Waals surface area contributed by atoms with Crippen LogP contribution >= 0.6 is 23.4 Å². The lowest BCUT2D eigenvalue weighted by Crippen LogP contribution is -2.28. The molecule has 0 N–H and O–H groups in total. The Hall–Kier alpha value is -3.08. The second-order valence-corrected chi connectivity index (χ2v) is 7.76. The molecule has 0 aliphatic carbocycles. The van der Waals surface area contributed by atoms with Gasteiger partial charge in [-0.1, -0.05) is 35.9 Å². The highest BCUT2D eigenvalue weighted by molar-refractivity contribution is 8.18. The summed E-state index contributed by atoms with van der Waals surface area (Å²) in [5, 5.41) is 9.57. The van der Waals surface area contributed by atoms with Crippen molar-refractivity contribution in [1.29, 1.82) is 5.26 Å². The molecule has 1 aromatic heterocycles. The number of nitriles is 1. The predicted molar refractivity (Wildman–Crippen MR) is 110 cm³/mol. The van der Waals surface area contributed by atoms with Gasteiger partial charge in [-0.15, -0.1) is 0 Å². The average molecular weight is 426 g/mol. The van der Waals surface area contributed by atoms with Gasteiger partial charge < -0.3 is 4.57 Å². The minimum atomic E-state index is -0.569. The summed E-state index contributed by atoms with van der Waals surface area (Å²) in [6.07, 6.45) is 3.40. The van der Waals surface area contributed by atoms with Crippen molar-refractivity contribution in [3.8, 4) is 6.07 Å². The summed E-state index contributed by atoms with van der Waals surface area (Å²) < 4.78 is 15.8. The van der Waals surface area contributed by atoms with Crippen LogP contribution in [0, 0.1) is 17.1 Å². The molecule has 1 saturated heterocycles. The van der Waals surface area contributed by atoms with E-state index in [1.807, 2.05) is 24.3 Å². The van der Waals surface area contributed by atoms with Crippen molar-refractivity contribution in [3.05, 3.63) is 75.5 Å². The minimum absolute atomic E-state index is 0.100. The van der Waals surface area contributed by atoms with Gasteiger partial charge in [-0.2, -0.15) is 5.26 Å². The summed E-state index contributed by atoms with van der Waals surface area (Å²) in [4.78, 5) is 26.4. The van der Waals surface area contributed by atoms with Crippen LogP contribution in [-0.4, -0.2) is 20.6 Å². The monoisotopic (exact) mass is 425 g/mol. The maximum atomic E-state index is 14.1. The minimum Gasteiger partial charge on any atom is -0.333 e. The Morgan fingerprint density at radius 2 is 1.97 bits per heavy atom. The standard InChI is InChI=1S/C21H13ClFN3O2S/c22-16-5-3-6-17(23)15(16)12-26-20(27)19(29-21(26)28)10-13-11-25(9-8-24)18-7-2-1-4-14(13)18/h1-7,10-11H,9,12H2/b19-10-. The topological polar surface area (TPSA) is 66.1 Å². The van der Waals surface area contributed by atoms with Crippen molar-refractivity contribution in [3.63, 3.8) is 0 Å². The van der Waals surface area contributed by atoms with Crippen LogP contribution in [0.1, 0.15) is 11.1 Å². The normalized spacial score (nSPS) is 15.5. The molecule has 144 valence electrons. The van der Waals surface area contributed by atoms with E-state index < -0.39 is 17.0 Å². The first-order valence-corrected chi connectivity index (χ1v) is 9.82. The van der Waals surface area contributed by atoms with Crippen molar-refractivity contribution in [2.75, 3.05) is 0 Å². The maximum Gasteiger partial charge on any atom is 0.293 e. The number of imide groups is 1. The first-order chi connectivity index (χ1) is 14.0. The molecule has 2 heterocycles. The highest BCUT2D eigenvalue weighted by Gasteiger charge is 2.36. The summed E-state index contributed by atoms with van der Waals surface area (Å²) in [5.41, 5.74) is 1.69. The van der Waals surface area contributed by atoms with E-state index in [-0.39, 0.29) is 28.6 Å². The van der Waals surface area contributed by atoms with Crippen molar-refractivity contribution >= 4 is 51.5 Å². The summed E-state index contributed by atoms with van der Waals surface area (Å²) in [6, 6.07) is 13.8. The average Bonchev–Trinajstić information content (AvgIpc) is 3.17. The summed E-state index contributed by atoms with van der Waals surface area (Å²) >= 11 is 6.83. The summed E-state index contributed by atoms with van der Waals surface area (Å²) in [6.45, 7) is -0.0642. The van der Waals surface area contributed by atoms with E-state index in [1.165, 1.54) is 18.2 Å². The fourth-order valence-electron chi connectivity index (χ4n) is 3.22. The van der Waals surface area contributed by atoms with Crippen LogP contribution in [0.2, 0.25) is 5.02 Å². The van der Waals surface area contributed by atoms with E-state index in [1.54, 1.807) is 16.8 Å². The quantitative estimate of drug-likeness (QED) is 0.539. The zero-order chi connectivity index (χ0) is 20.5.